The molecule has 2 heterocycles. The van der Waals surface area contributed by atoms with E-state index in [1.54, 1.807) is 0 Å². The molecule has 2 fully saturated rings. The lowest BCUT2D eigenvalue weighted by Gasteiger charge is -2.28. The van der Waals surface area contributed by atoms with Gasteiger partial charge in [-0.05, 0) is 0 Å². The molecule has 0 saturated carbocycles. The molecular formula is C7H13NO2S. The van der Waals surface area contributed by atoms with Crippen LogP contribution in [0.4, 0.5) is 0 Å². The van der Waals surface area contributed by atoms with Crippen molar-refractivity contribution in [3.05, 3.63) is 0 Å². The van der Waals surface area contributed by atoms with Gasteiger partial charge < -0.3 is 15.2 Å². The van der Waals surface area contributed by atoms with Gasteiger partial charge in [0.1, 0.15) is 0 Å². The largest absolute Gasteiger partial charge is 0.391 e. The number of aliphatic hydroxyl groups excluding tert-OH is 1. The molecule has 0 aliphatic carbocycles. The molecule has 2 aliphatic rings. The fourth-order valence-corrected chi connectivity index (χ4v) is 2.66. The van der Waals surface area contributed by atoms with Crippen LogP contribution in [0.15, 0.2) is 0 Å². The highest BCUT2D eigenvalue weighted by atomic mass is 32.2. The van der Waals surface area contributed by atoms with Crippen LogP contribution in [0.3, 0.4) is 0 Å². The van der Waals surface area contributed by atoms with Crippen LogP contribution in [0.1, 0.15) is 0 Å². The third kappa shape index (κ3) is 1.69. The zero-order valence-corrected chi connectivity index (χ0v) is 7.14. The molecule has 2 rings (SSSR count). The van der Waals surface area contributed by atoms with Crippen molar-refractivity contribution in [1.82, 2.24) is 5.32 Å². The Bertz CT molecular complexity index is 140. The highest BCUT2D eigenvalue weighted by Crippen LogP contribution is 2.27. The minimum atomic E-state index is -0.152. The molecule has 3 nitrogen and oxygen atoms in total. The summed E-state index contributed by atoms with van der Waals surface area (Å²) in [6, 6.07) is 0. The predicted molar refractivity (Wildman–Crippen MR) is 44.9 cm³/mol. The number of hydrogen-bond donors (Lipinski definition) is 2. The van der Waals surface area contributed by atoms with Gasteiger partial charge in [0.05, 0.1) is 24.6 Å². The Kier molecular flexibility index (Phi) is 2.36. The van der Waals surface area contributed by atoms with Crippen molar-refractivity contribution in [2.45, 2.75) is 16.6 Å². The maximum atomic E-state index is 9.43. The maximum absolute atomic E-state index is 9.43. The number of β-amino-alcohol motifs (C(OH)–C–C–N with tert-alkyl or cyclic N) is 1. The maximum Gasteiger partial charge on any atom is 0.0795 e. The van der Waals surface area contributed by atoms with E-state index in [0.717, 1.165) is 26.3 Å². The van der Waals surface area contributed by atoms with Crippen molar-refractivity contribution < 1.29 is 9.84 Å². The normalized spacial score (nSPS) is 39.0. The van der Waals surface area contributed by atoms with Crippen LogP contribution in [-0.4, -0.2) is 48.0 Å². The Labute approximate surface area is 70.5 Å². The lowest BCUT2D eigenvalue weighted by molar-refractivity contribution is 0.0449. The van der Waals surface area contributed by atoms with E-state index >= 15 is 0 Å². The SMILES string of the molecule is OC1CNCC1SC1COC1. The molecule has 0 aromatic heterocycles. The van der Waals surface area contributed by atoms with Gasteiger partial charge in [-0.3, -0.25) is 0 Å². The number of thioether (sulfide) groups is 1. The zero-order chi connectivity index (χ0) is 7.68. The summed E-state index contributed by atoms with van der Waals surface area (Å²) in [6.07, 6.45) is -0.152. The lowest BCUT2D eigenvalue weighted by atomic mass is 10.3. The van der Waals surface area contributed by atoms with Crippen molar-refractivity contribution in [1.29, 1.82) is 0 Å². The third-order valence-electron chi connectivity index (χ3n) is 2.10. The van der Waals surface area contributed by atoms with Gasteiger partial charge in [-0.25, -0.2) is 0 Å². The first-order valence-electron chi connectivity index (χ1n) is 3.98. The Morgan fingerprint density at radius 3 is 2.64 bits per heavy atom. The van der Waals surface area contributed by atoms with Crippen LogP contribution < -0.4 is 5.32 Å². The van der Waals surface area contributed by atoms with Crippen molar-refractivity contribution in [3.8, 4) is 0 Å². The summed E-state index contributed by atoms with van der Waals surface area (Å²) in [5.74, 6) is 0. The highest BCUT2D eigenvalue weighted by Gasteiger charge is 2.30. The molecule has 0 aromatic carbocycles. The van der Waals surface area contributed by atoms with Crippen LogP contribution in [0.2, 0.25) is 0 Å². The van der Waals surface area contributed by atoms with Crippen LogP contribution in [0, 0.1) is 0 Å². The van der Waals surface area contributed by atoms with E-state index in [2.05, 4.69) is 5.32 Å². The molecule has 2 atom stereocenters. The second-order valence-electron chi connectivity index (χ2n) is 3.06. The van der Waals surface area contributed by atoms with E-state index in [1.807, 2.05) is 11.8 Å². The average Bonchev–Trinajstić information content (AvgIpc) is 2.27. The first-order valence-corrected chi connectivity index (χ1v) is 4.92. The molecule has 0 radical (unpaired) electrons. The average molecular weight is 175 g/mol. The molecule has 11 heavy (non-hydrogen) atoms. The minimum absolute atomic E-state index is 0.152. The summed E-state index contributed by atoms with van der Waals surface area (Å²) in [6.45, 7) is 3.44. The highest BCUT2D eigenvalue weighted by molar-refractivity contribution is 8.00. The van der Waals surface area contributed by atoms with Crippen LogP contribution >= 0.6 is 11.8 Å². The Morgan fingerprint density at radius 2 is 2.18 bits per heavy atom. The molecule has 0 spiro atoms. The first-order chi connectivity index (χ1) is 5.36. The Hall–Kier alpha value is 0.230. The molecule has 4 heteroatoms. The number of hydrogen-bond acceptors (Lipinski definition) is 4. The van der Waals surface area contributed by atoms with Gasteiger partial charge in [-0.15, -0.1) is 11.8 Å². The van der Waals surface area contributed by atoms with Crippen molar-refractivity contribution in [3.63, 3.8) is 0 Å². The molecule has 0 amide bonds. The molecule has 2 aliphatic heterocycles. The van der Waals surface area contributed by atoms with Gasteiger partial charge in [-0.2, -0.15) is 0 Å². The third-order valence-corrected chi connectivity index (χ3v) is 3.59. The van der Waals surface area contributed by atoms with Gasteiger partial charge in [0.25, 0.3) is 0 Å². The smallest absolute Gasteiger partial charge is 0.0795 e. The molecular weight excluding hydrogens is 162 g/mol. The molecule has 64 valence electrons. The van der Waals surface area contributed by atoms with E-state index in [-0.39, 0.29) is 6.10 Å². The zero-order valence-electron chi connectivity index (χ0n) is 6.32. The fourth-order valence-electron chi connectivity index (χ4n) is 1.32. The number of aliphatic hydroxyl groups is 1. The van der Waals surface area contributed by atoms with E-state index in [1.165, 1.54) is 0 Å². The molecule has 2 saturated heterocycles. The van der Waals surface area contributed by atoms with E-state index < -0.39 is 0 Å². The van der Waals surface area contributed by atoms with E-state index in [9.17, 15) is 5.11 Å². The summed E-state index contributed by atoms with van der Waals surface area (Å²) in [7, 11) is 0. The standard InChI is InChI=1S/C7H13NO2S/c9-6-1-8-2-7(6)11-5-3-10-4-5/h5-9H,1-4H2. The minimum Gasteiger partial charge on any atom is -0.391 e. The van der Waals surface area contributed by atoms with Gasteiger partial charge in [-0.1, -0.05) is 0 Å². The van der Waals surface area contributed by atoms with E-state index in [4.69, 9.17) is 4.74 Å². The molecule has 2 N–H and O–H groups in total. The summed E-state index contributed by atoms with van der Waals surface area (Å²) < 4.78 is 5.06. The number of ether oxygens (including phenoxy) is 1. The van der Waals surface area contributed by atoms with Gasteiger partial charge in [0.15, 0.2) is 0 Å². The van der Waals surface area contributed by atoms with Crippen molar-refractivity contribution in [2.75, 3.05) is 26.3 Å². The Morgan fingerprint density at radius 1 is 1.36 bits per heavy atom. The molecule has 2 unspecified atom stereocenters. The monoisotopic (exact) mass is 175 g/mol. The molecule has 0 bridgehead atoms. The van der Waals surface area contributed by atoms with Crippen LogP contribution in [0.5, 0.6) is 0 Å². The van der Waals surface area contributed by atoms with Gasteiger partial charge >= 0.3 is 0 Å². The van der Waals surface area contributed by atoms with Gasteiger partial charge in [0, 0.05) is 18.3 Å². The van der Waals surface area contributed by atoms with E-state index in [0.29, 0.717) is 10.5 Å². The number of rotatable bonds is 2. The predicted octanol–water partition coefficient (Wildman–Crippen LogP) is -0.549. The van der Waals surface area contributed by atoms with Crippen LogP contribution in [0.25, 0.3) is 0 Å². The lowest BCUT2D eigenvalue weighted by Crippen LogP contribution is -2.35. The quantitative estimate of drug-likeness (QED) is 0.591. The molecule has 0 aromatic rings. The second-order valence-corrected chi connectivity index (χ2v) is 4.60. The Balaban J connectivity index is 1.75. The van der Waals surface area contributed by atoms with Crippen molar-refractivity contribution >= 4 is 11.8 Å². The summed E-state index contributed by atoms with van der Waals surface area (Å²) in [5.41, 5.74) is 0. The summed E-state index contributed by atoms with van der Waals surface area (Å²) >= 11 is 1.86. The second kappa shape index (κ2) is 3.31. The topological polar surface area (TPSA) is 41.5 Å². The number of nitrogens with one attached hydrogen (secondary N) is 1. The van der Waals surface area contributed by atoms with Gasteiger partial charge in [0.2, 0.25) is 0 Å². The fraction of sp³-hybridized carbons (Fsp3) is 1.00. The van der Waals surface area contributed by atoms with Crippen LogP contribution in [-0.2, 0) is 4.74 Å². The summed E-state index contributed by atoms with van der Waals surface area (Å²) in [5, 5.41) is 13.6. The summed E-state index contributed by atoms with van der Waals surface area (Å²) in [4.78, 5) is 0. The van der Waals surface area contributed by atoms with Crippen molar-refractivity contribution in [2.24, 2.45) is 0 Å². The first kappa shape index (κ1) is 7.86.